The Morgan fingerprint density at radius 1 is 1.29 bits per heavy atom. The van der Waals surface area contributed by atoms with E-state index in [1.54, 1.807) is 6.07 Å². The predicted molar refractivity (Wildman–Crippen MR) is 92.9 cm³/mol. The van der Waals surface area contributed by atoms with Gasteiger partial charge in [-0.2, -0.15) is 0 Å². The molecule has 0 saturated heterocycles. The minimum Gasteiger partial charge on any atom is -0.449 e. The van der Waals surface area contributed by atoms with Gasteiger partial charge >= 0.3 is 5.97 Å². The van der Waals surface area contributed by atoms with Crippen LogP contribution in [0, 0.1) is 5.92 Å². The Morgan fingerprint density at radius 2 is 2.00 bits per heavy atom. The van der Waals surface area contributed by atoms with Gasteiger partial charge in [0, 0.05) is 12.2 Å². The van der Waals surface area contributed by atoms with E-state index in [0.29, 0.717) is 17.1 Å². The van der Waals surface area contributed by atoms with Crippen LogP contribution < -0.4 is 5.32 Å². The predicted octanol–water partition coefficient (Wildman–Crippen LogP) is 3.76. The van der Waals surface area contributed by atoms with E-state index in [4.69, 9.17) is 16.3 Å². The maximum atomic E-state index is 12.5. The van der Waals surface area contributed by atoms with Gasteiger partial charge in [0.1, 0.15) is 5.15 Å². The summed E-state index contributed by atoms with van der Waals surface area (Å²) in [5, 5.41) is 3.34. The largest absolute Gasteiger partial charge is 0.449 e. The number of halogens is 1. The summed E-state index contributed by atoms with van der Waals surface area (Å²) >= 11 is 5.72. The van der Waals surface area contributed by atoms with Crippen molar-refractivity contribution in [2.75, 3.05) is 0 Å². The van der Waals surface area contributed by atoms with E-state index < -0.39 is 12.1 Å². The van der Waals surface area contributed by atoms with Crippen molar-refractivity contribution in [1.82, 2.24) is 10.3 Å². The number of carbonyl (C=O) groups excluding carboxylic acids is 2. The second-order valence-electron chi connectivity index (χ2n) is 6.74. The second kappa shape index (κ2) is 9.02. The van der Waals surface area contributed by atoms with Crippen LogP contribution in [-0.2, 0) is 9.53 Å². The van der Waals surface area contributed by atoms with Gasteiger partial charge in [0.15, 0.2) is 6.10 Å². The highest BCUT2D eigenvalue weighted by atomic mass is 35.5. The highest BCUT2D eigenvalue weighted by Gasteiger charge is 2.27. The van der Waals surface area contributed by atoms with Gasteiger partial charge in [0.2, 0.25) is 0 Å². The molecule has 1 aliphatic carbocycles. The fourth-order valence-corrected chi connectivity index (χ4v) is 2.98. The van der Waals surface area contributed by atoms with Crippen molar-refractivity contribution in [3.63, 3.8) is 0 Å². The third-order valence-corrected chi connectivity index (χ3v) is 4.37. The molecule has 132 valence electrons. The van der Waals surface area contributed by atoms with Crippen molar-refractivity contribution in [2.45, 2.75) is 64.5 Å². The molecule has 24 heavy (non-hydrogen) atoms. The maximum absolute atomic E-state index is 12.5. The van der Waals surface area contributed by atoms with Crippen LogP contribution in [0.1, 0.15) is 62.7 Å². The number of nitrogens with zero attached hydrogens (tertiary/aromatic N) is 1. The Balaban J connectivity index is 1.99. The smallest absolute Gasteiger partial charge is 0.340 e. The normalized spacial score (nSPS) is 16.7. The van der Waals surface area contributed by atoms with Gasteiger partial charge in [-0.1, -0.05) is 44.7 Å². The standard InChI is InChI=1S/C18H25ClN2O3/c1-12(2)10-15(17(22)21-14-6-4-3-5-7-14)24-18(23)13-8-9-16(19)20-11-13/h8-9,11-12,14-15H,3-7,10H2,1-2H3,(H,21,22). The highest BCUT2D eigenvalue weighted by Crippen LogP contribution is 2.19. The first-order chi connectivity index (χ1) is 11.5. The summed E-state index contributed by atoms with van der Waals surface area (Å²) in [6, 6.07) is 3.26. The molecule has 1 fully saturated rings. The molecule has 1 amide bonds. The van der Waals surface area contributed by atoms with Crippen molar-refractivity contribution in [2.24, 2.45) is 5.92 Å². The molecule has 0 radical (unpaired) electrons. The number of hydrogen-bond acceptors (Lipinski definition) is 4. The molecule has 1 unspecified atom stereocenters. The lowest BCUT2D eigenvalue weighted by Crippen LogP contribution is -2.44. The summed E-state index contributed by atoms with van der Waals surface area (Å²) in [6.45, 7) is 4.00. The van der Waals surface area contributed by atoms with Gasteiger partial charge in [-0.05, 0) is 37.3 Å². The van der Waals surface area contributed by atoms with E-state index >= 15 is 0 Å². The Hall–Kier alpha value is -1.62. The van der Waals surface area contributed by atoms with Gasteiger partial charge in [-0.25, -0.2) is 9.78 Å². The van der Waals surface area contributed by atoms with E-state index in [1.807, 2.05) is 13.8 Å². The van der Waals surface area contributed by atoms with Gasteiger partial charge in [-0.15, -0.1) is 0 Å². The molecule has 0 aliphatic heterocycles. The van der Waals surface area contributed by atoms with Crippen LogP contribution >= 0.6 is 11.6 Å². The molecule has 1 heterocycles. The summed E-state index contributed by atoms with van der Waals surface area (Å²) < 4.78 is 5.46. The van der Waals surface area contributed by atoms with Crippen molar-refractivity contribution in [1.29, 1.82) is 0 Å². The van der Waals surface area contributed by atoms with Crippen LogP contribution in [0.25, 0.3) is 0 Å². The lowest BCUT2D eigenvalue weighted by atomic mass is 9.95. The molecule has 0 bridgehead atoms. The minimum atomic E-state index is -0.782. The number of nitrogens with one attached hydrogen (secondary N) is 1. The van der Waals surface area contributed by atoms with Gasteiger partial charge in [0.25, 0.3) is 5.91 Å². The molecule has 2 rings (SSSR count). The van der Waals surface area contributed by atoms with E-state index in [-0.39, 0.29) is 17.9 Å². The monoisotopic (exact) mass is 352 g/mol. The number of pyridine rings is 1. The third-order valence-electron chi connectivity index (χ3n) is 4.14. The highest BCUT2D eigenvalue weighted by molar-refractivity contribution is 6.29. The zero-order chi connectivity index (χ0) is 17.5. The lowest BCUT2D eigenvalue weighted by Gasteiger charge is -2.26. The van der Waals surface area contributed by atoms with Crippen molar-refractivity contribution < 1.29 is 14.3 Å². The van der Waals surface area contributed by atoms with Crippen molar-refractivity contribution in [3.8, 4) is 0 Å². The molecule has 1 aliphatic rings. The average Bonchev–Trinajstić information content (AvgIpc) is 2.55. The Kier molecular flexibility index (Phi) is 7.03. The number of aromatic nitrogens is 1. The van der Waals surface area contributed by atoms with Gasteiger partial charge < -0.3 is 10.1 Å². The topological polar surface area (TPSA) is 68.3 Å². The lowest BCUT2D eigenvalue weighted by molar-refractivity contribution is -0.131. The third kappa shape index (κ3) is 5.78. The fraction of sp³-hybridized carbons (Fsp3) is 0.611. The first-order valence-corrected chi connectivity index (χ1v) is 8.96. The first kappa shape index (κ1) is 18.7. The maximum Gasteiger partial charge on any atom is 0.340 e. The second-order valence-corrected chi connectivity index (χ2v) is 7.12. The Bertz CT molecular complexity index is 554. The van der Waals surface area contributed by atoms with E-state index in [0.717, 1.165) is 25.7 Å². The molecule has 0 spiro atoms. The summed E-state index contributed by atoms with van der Waals surface area (Å²) in [6.07, 6.45) is 6.55. The van der Waals surface area contributed by atoms with Crippen molar-refractivity contribution >= 4 is 23.5 Å². The molecule has 1 N–H and O–H groups in total. The fourth-order valence-electron chi connectivity index (χ4n) is 2.87. The van der Waals surface area contributed by atoms with E-state index in [1.165, 1.54) is 18.7 Å². The van der Waals surface area contributed by atoms with Crippen LogP contribution in [0.4, 0.5) is 0 Å². The molecular weight excluding hydrogens is 328 g/mol. The molecule has 1 atom stereocenters. The van der Waals surface area contributed by atoms with Crippen LogP contribution in [0.5, 0.6) is 0 Å². The number of hydrogen-bond donors (Lipinski definition) is 1. The molecule has 1 saturated carbocycles. The van der Waals surface area contributed by atoms with Crippen LogP contribution in [0.3, 0.4) is 0 Å². The first-order valence-electron chi connectivity index (χ1n) is 8.58. The average molecular weight is 353 g/mol. The molecule has 6 heteroatoms. The van der Waals surface area contributed by atoms with E-state index in [9.17, 15) is 9.59 Å². The zero-order valence-corrected chi connectivity index (χ0v) is 15.0. The van der Waals surface area contributed by atoms with Crippen molar-refractivity contribution in [3.05, 3.63) is 29.0 Å². The number of ether oxygens (including phenoxy) is 1. The molecular formula is C18H25ClN2O3. The number of carbonyl (C=O) groups is 2. The van der Waals surface area contributed by atoms with Gasteiger partial charge in [-0.3, -0.25) is 4.79 Å². The van der Waals surface area contributed by atoms with E-state index in [2.05, 4.69) is 10.3 Å². The van der Waals surface area contributed by atoms with Gasteiger partial charge in [0.05, 0.1) is 5.56 Å². The number of rotatable bonds is 6. The molecule has 5 nitrogen and oxygen atoms in total. The summed E-state index contributed by atoms with van der Waals surface area (Å²) in [5.74, 6) is -0.516. The summed E-state index contributed by atoms with van der Waals surface area (Å²) in [5.41, 5.74) is 0.290. The zero-order valence-electron chi connectivity index (χ0n) is 14.3. The quantitative estimate of drug-likeness (QED) is 0.625. The summed E-state index contributed by atoms with van der Waals surface area (Å²) in [7, 11) is 0. The minimum absolute atomic E-state index is 0.191. The number of amides is 1. The molecule has 1 aromatic heterocycles. The Labute approximate surface area is 148 Å². The van der Waals surface area contributed by atoms with Crippen LogP contribution in [0.15, 0.2) is 18.3 Å². The summed E-state index contributed by atoms with van der Waals surface area (Å²) in [4.78, 5) is 28.7. The number of esters is 1. The Morgan fingerprint density at radius 3 is 2.58 bits per heavy atom. The molecule has 1 aromatic rings. The van der Waals surface area contributed by atoms with Crippen LogP contribution in [0.2, 0.25) is 5.15 Å². The van der Waals surface area contributed by atoms with Crippen LogP contribution in [-0.4, -0.2) is 29.0 Å². The SMILES string of the molecule is CC(C)CC(OC(=O)c1ccc(Cl)nc1)C(=O)NC1CCCCC1. The molecule has 0 aromatic carbocycles.